The molecule has 0 radical (unpaired) electrons. The molecule has 2 heterocycles. The highest BCUT2D eigenvalue weighted by Gasteiger charge is 2.53. The molecular weight excluding hydrogens is 508 g/mol. The Morgan fingerprint density at radius 1 is 0.975 bits per heavy atom. The van der Waals surface area contributed by atoms with Gasteiger partial charge in [-0.2, -0.15) is 0 Å². The second kappa shape index (κ2) is 12.5. The maximum absolute atomic E-state index is 13.8. The first kappa shape index (κ1) is 31.3. The van der Waals surface area contributed by atoms with Crippen molar-refractivity contribution in [2.24, 2.45) is 11.8 Å². The summed E-state index contributed by atoms with van der Waals surface area (Å²) in [7, 11) is 0. The van der Waals surface area contributed by atoms with Crippen molar-refractivity contribution >= 4 is 29.4 Å². The summed E-state index contributed by atoms with van der Waals surface area (Å²) >= 11 is 0. The van der Waals surface area contributed by atoms with Crippen LogP contribution in [0.2, 0.25) is 0 Å². The predicted octanol–water partition coefficient (Wildman–Crippen LogP) is 3.06. The monoisotopic (exact) mass is 554 g/mol. The molecule has 3 rings (SSSR count). The fraction of sp³-hybridized carbons (Fsp3) is 0.645. The highest BCUT2D eigenvalue weighted by Crippen LogP contribution is 2.32. The van der Waals surface area contributed by atoms with Crippen molar-refractivity contribution in [2.45, 2.75) is 104 Å². The normalized spacial score (nSPS) is 21.2. The summed E-state index contributed by atoms with van der Waals surface area (Å²) in [5.74, 6) is -1.40. The number of hydrogen-bond acceptors (Lipinski definition) is 5. The van der Waals surface area contributed by atoms with E-state index in [1.54, 1.807) is 21.9 Å². The van der Waals surface area contributed by atoms with E-state index in [1.165, 1.54) is 6.92 Å². The van der Waals surface area contributed by atoms with E-state index in [4.69, 9.17) is 0 Å². The minimum absolute atomic E-state index is 0.0444. The quantitative estimate of drug-likeness (QED) is 0.487. The molecule has 2 N–H and O–H groups in total. The Balaban J connectivity index is 1.78. The molecule has 2 aliphatic rings. The number of nitrogens with one attached hydrogen (secondary N) is 2. The Kier molecular flexibility index (Phi) is 9.80. The van der Waals surface area contributed by atoms with Gasteiger partial charge in [0.05, 0.1) is 12.6 Å². The van der Waals surface area contributed by atoms with E-state index in [2.05, 4.69) is 31.4 Å². The predicted molar refractivity (Wildman–Crippen MR) is 154 cm³/mol. The molecule has 9 heteroatoms. The molecule has 220 valence electrons. The largest absolute Gasteiger partial charge is 0.344 e. The van der Waals surface area contributed by atoms with Gasteiger partial charge < -0.3 is 20.4 Å². The number of hydrogen-bond donors (Lipinski definition) is 2. The van der Waals surface area contributed by atoms with Crippen LogP contribution < -0.4 is 10.6 Å². The number of ketones is 1. The Morgan fingerprint density at radius 2 is 1.60 bits per heavy atom. The number of rotatable bonds is 9. The molecule has 0 aromatic heterocycles. The first-order valence-corrected chi connectivity index (χ1v) is 14.5. The van der Waals surface area contributed by atoms with Crippen molar-refractivity contribution in [3.05, 3.63) is 35.4 Å². The topological polar surface area (TPSA) is 116 Å². The van der Waals surface area contributed by atoms with E-state index in [-0.39, 0.29) is 53.2 Å². The van der Waals surface area contributed by atoms with E-state index in [1.807, 2.05) is 39.8 Å². The fourth-order valence-electron chi connectivity index (χ4n) is 5.69. The van der Waals surface area contributed by atoms with Crippen LogP contribution in [-0.2, 0) is 24.6 Å². The van der Waals surface area contributed by atoms with Gasteiger partial charge in [-0.15, -0.1) is 0 Å². The van der Waals surface area contributed by atoms with E-state index < -0.39 is 24.2 Å². The average Bonchev–Trinajstić information content (AvgIpc) is 3.46. The third-order valence-electron chi connectivity index (χ3n) is 8.15. The van der Waals surface area contributed by atoms with Crippen molar-refractivity contribution in [2.75, 3.05) is 13.1 Å². The van der Waals surface area contributed by atoms with Gasteiger partial charge in [-0.1, -0.05) is 67.0 Å². The molecule has 9 nitrogen and oxygen atoms in total. The summed E-state index contributed by atoms with van der Waals surface area (Å²) in [5.41, 5.74) is 1.53. The fourth-order valence-corrected chi connectivity index (χ4v) is 5.69. The number of fused-ring (bicyclic) bond motifs is 1. The van der Waals surface area contributed by atoms with Gasteiger partial charge in [0.1, 0.15) is 18.1 Å². The lowest BCUT2D eigenvalue weighted by molar-refractivity contribution is -0.139. The molecule has 5 unspecified atom stereocenters. The molecule has 0 bridgehead atoms. The zero-order valence-corrected chi connectivity index (χ0v) is 25.2. The molecule has 4 amide bonds. The smallest absolute Gasteiger partial charge is 0.251 e. The highest BCUT2D eigenvalue weighted by atomic mass is 16.2. The van der Waals surface area contributed by atoms with Crippen molar-refractivity contribution in [3.63, 3.8) is 0 Å². The van der Waals surface area contributed by atoms with Crippen LogP contribution in [0.1, 0.15) is 90.6 Å². The van der Waals surface area contributed by atoms with E-state index in [9.17, 15) is 24.0 Å². The average molecular weight is 555 g/mol. The van der Waals surface area contributed by atoms with Crippen LogP contribution in [0.4, 0.5) is 0 Å². The summed E-state index contributed by atoms with van der Waals surface area (Å²) in [4.78, 5) is 68.6. The summed E-state index contributed by atoms with van der Waals surface area (Å²) in [6.07, 6.45) is 1.58. The molecule has 2 fully saturated rings. The number of nitrogens with zero attached hydrogens (tertiary/aromatic N) is 2. The molecule has 2 saturated heterocycles. The van der Waals surface area contributed by atoms with Crippen LogP contribution in [0.5, 0.6) is 0 Å². The molecule has 2 aliphatic heterocycles. The molecule has 0 aliphatic carbocycles. The number of Topliss-reactive ketones (excluding diaryl/α,β-unsaturated/α-hetero) is 1. The standard InChI is InChI=1S/C31H46N4O5/c1-9-19(4)26(32-20(5)36)30(40)35-17-25(37)27-24(35)14-15-34(27)29(39)23(16-18(2)3)33-28(38)21-10-12-22(13-11-21)31(6,7)8/h10-13,18-19,23-24,26-27H,9,14-17H2,1-8H3,(H,32,36)(H,33,38). The van der Waals surface area contributed by atoms with E-state index in [0.29, 0.717) is 31.4 Å². The van der Waals surface area contributed by atoms with Gasteiger partial charge in [-0.3, -0.25) is 24.0 Å². The highest BCUT2D eigenvalue weighted by molar-refractivity contribution is 6.01. The minimum Gasteiger partial charge on any atom is -0.344 e. The number of benzene rings is 1. The molecule has 1 aromatic carbocycles. The third-order valence-corrected chi connectivity index (χ3v) is 8.15. The van der Waals surface area contributed by atoms with E-state index >= 15 is 0 Å². The maximum atomic E-state index is 13.8. The number of likely N-dealkylation sites (tertiary alicyclic amines) is 2. The van der Waals surface area contributed by atoms with Gasteiger partial charge >= 0.3 is 0 Å². The second-order valence-corrected chi connectivity index (χ2v) is 12.8. The molecule has 40 heavy (non-hydrogen) atoms. The molecular formula is C31H46N4O5. The van der Waals surface area contributed by atoms with Crippen molar-refractivity contribution in [1.29, 1.82) is 0 Å². The van der Waals surface area contributed by atoms with Crippen molar-refractivity contribution in [1.82, 2.24) is 20.4 Å². The summed E-state index contributed by atoms with van der Waals surface area (Å²) < 4.78 is 0. The van der Waals surface area contributed by atoms with Crippen LogP contribution in [-0.4, -0.2) is 76.5 Å². The first-order chi connectivity index (χ1) is 18.6. The third kappa shape index (κ3) is 6.91. The van der Waals surface area contributed by atoms with E-state index in [0.717, 1.165) is 5.56 Å². The first-order valence-electron chi connectivity index (χ1n) is 14.5. The Labute approximate surface area is 238 Å². The Bertz CT molecular complexity index is 1120. The van der Waals surface area contributed by atoms with Crippen LogP contribution in [0.15, 0.2) is 24.3 Å². The van der Waals surface area contributed by atoms with Gasteiger partial charge in [-0.25, -0.2) is 0 Å². The molecule has 0 saturated carbocycles. The van der Waals surface area contributed by atoms with Crippen LogP contribution >= 0.6 is 0 Å². The van der Waals surface area contributed by atoms with Crippen molar-refractivity contribution < 1.29 is 24.0 Å². The SMILES string of the molecule is CCC(C)C(NC(C)=O)C(=O)N1CC(=O)C2C1CCN2C(=O)C(CC(C)C)NC(=O)c1ccc(C(C)(C)C)cc1. The second-order valence-electron chi connectivity index (χ2n) is 12.8. The lowest BCUT2D eigenvalue weighted by Gasteiger charge is -2.31. The van der Waals surface area contributed by atoms with Crippen LogP contribution in [0.25, 0.3) is 0 Å². The van der Waals surface area contributed by atoms with Gasteiger partial charge in [0.2, 0.25) is 17.7 Å². The van der Waals surface area contributed by atoms with Gasteiger partial charge in [0, 0.05) is 19.0 Å². The molecule has 0 spiro atoms. The van der Waals surface area contributed by atoms with Gasteiger partial charge in [-0.05, 0) is 47.8 Å². The van der Waals surface area contributed by atoms with Crippen molar-refractivity contribution in [3.8, 4) is 0 Å². The Morgan fingerprint density at radius 3 is 2.12 bits per heavy atom. The van der Waals surface area contributed by atoms with Gasteiger partial charge in [0.15, 0.2) is 5.78 Å². The summed E-state index contributed by atoms with van der Waals surface area (Å²) in [6, 6.07) is 4.69. The zero-order valence-electron chi connectivity index (χ0n) is 25.2. The lowest BCUT2D eigenvalue weighted by Crippen LogP contribution is -2.54. The number of carbonyl (C=O) groups excluding carboxylic acids is 5. The Hall–Kier alpha value is -3.23. The molecule has 1 aromatic rings. The van der Waals surface area contributed by atoms with Crippen LogP contribution in [0.3, 0.4) is 0 Å². The minimum atomic E-state index is -0.793. The lowest BCUT2D eigenvalue weighted by atomic mass is 9.86. The number of carbonyl (C=O) groups is 5. The number of amides is 4. The van der Waals surface area contributed by atoms with Crippen LogP contribution in [0, 0.1) is 11.8 Å². The zero-order chi connectivity index (χ0) is 29.9. The van der Waals surface area contributed by atoms with Gasteiger partial charge in [0.25, 0.3) is 5.91 Å². The molecule has 5 atom stereocenters. The maximum Gasteiger partial charge on any atom is 0.251 e. The summed E-state index contributed by atoms with van der Waals surface area (Å²) in [5, 5.41) is 5.68. The summed E-state index contributed by atoms with van der Waals surface area (Å²) in [6.45, 7) is 15.7.